The van der Waals surface area contributed by atoms with Gasteiger partial charge in [0.2, 0.25) is 5.95 Å². The minimum absolute atomic E-state index is 0.245. The topological polar surface area (TPSA) is 103 Å². The van der Waals surface area contributed by atoms with Crippen molar-refractivity contribution in [3.63, 3.8) is 0 Å². The maximum Gasteiger partial charge on any atom is 0.404 e. The van der Waals surface area contributed by atoms with E-state index in [0.717, 1.165) is 42.1 Å². The molecule has 0 aliphatic carbocycles. The maximum atomic E-state index is 10.4. The van der Waals surface area contributed by atoms with Crippen LogP contribution in [0.2, 0.25) is 0 Å². The van der Waals surface area contributed by atoms with Crippen LogP contribution in [-0.4, -0.2) is 48.1 Å². The van der Waals surface area contributed by atoms with E-state index in [1.807, 2.05) is 0 Å². The van der Waals surface area contributed by atoms with E-state index in [1.54, 1.807) is 12.4 Å². The molecule has 0 saturated carbocycles. The molecule has 0 aromatic carbocycles. The summed E-state index contributed by atoms with van der Waals surface area (Å²) >= 11 is 3.32. The van der Waals surface area contributed by atoms with Gasteiger partial charge in [0, 0.05) is 44.7 Å². The summed E-state index contributed by atoms with van der Waals surface area (Å²) in [5, 5.41) is 4.11. The number of amides is 1. The molecule has 1 fully saturated rings. The van der Waals surface area contributed by atoms with E-state index >= 15 is 0 Å². The molecular weight excluding hydrogens is 354 g/mol. The zero-order valence-electron chi connectivity index (χ0n) is 12.1. The molecule has 120 valence electrons. The fraction of sp³-hybridized carbons (Fsp3) is 0.538. The lowest BCUT2D eigenvalue weighted by atomic mass is 10.1. The number of hydrogen-bond donors (Lipinski definition) is 1. The van der Waals surface area contributed by atoms with Gasteiger partial charge in [0.15, 0.2) is 0 Å². The van der Waals surface area contributed by atoms with Crippen LogP contribution in [0.5, 0.6) is 0 Å². The summed E-state index contributed by atoms with van der Waals surface area (Å²) in [7, 11) is 0. The molecule has 2 N–H and O–H groups in total. The number of nitrogens with two attached hydrogens (primary N) is 1. The van der Waals surface area contributed by atoms with Gasteiger partial charge in [0.1, 0.15) is 6.61 Å². The summed E-state index contributed by atoms with van der Waals surface area (Å²) in [6.07, 6.45) is 4.91. The monoisotopic (exact) mass is 371 g/mol. The van der Waals surface area contributed by atoms with Crippen molar-refractivity contribution in [1.29, 1.82) is 0 Å². The Morgan fingerprint density at radius 1 is 1.32 bits per heavy atom. The lowest BCUT2D eigenvalue weighted by Crippen LogP contribution is -2.35. The molecule has 2 heterocycles. The molecule has 0 atom stereocenters. The van der Waals surface area contributed by atoms with Gasteiger partial charge in [-0.15, -0.1) is 0 Å². The predicted molar refractivity (Wildman–Crippen MR) is 84.7 cm³/mol. The van der Waals surface area contributed by atoms with Gasteiger partial charge in [0.05, 0.1) is 16.8 Å². The third-order valence-corrected chi connectivity index (χ3v) is 3.46. The Bertz CT molecular complexity index is 513. The van der Waals surface area contributed by atoms with Crippen LogP contribution < -0.4 is 10.6 Å². The third kappa shape index (κ3) is 5.47. The minimum Gasteiger partial charge on any atom is -0.450 e. The van der Waals surface area contributed by atoms with Crippen molar-refractivity contribution in [2.75, 3.05) is 31.2 Å². The summed E-state index contributed by atoms with van der Waals surface area (Å²) in [5.41, 5.74) is 5.86. The van der Waals surface area contributed by atoms with Crippen LogP contribution >= 0.6 is 15.9 Å². The average Bonchev–Trinajstić information content (AvgIpc) is 2.52. The van der Waals surface area contributed by atoms with Gasteiger partial charge >= 0.3 is 6.09 Å². The molecule has 1 aromatic rings. The van der Waals surface area contributed by atoms with Crippen molar-refractivity contribution >= 4 is 33.7 Å². The number of halogens is 1. The summed E-state index contributed by atoms with van der Waals surface area (Å²) in [5.74, 6) is 0.728. The van der Waals surface area contributed by atoms with Crippen molar-refractivity contribution in [2.24, 2.45) is 10.9 Å². The molecule has 1 aromatic heterocycles. The van der Waals surface area contributed by atoms with E-state index in [9.17, 15) is 4.79 Å². The molecule has 22 heavy (non-hydrogen) atoms. The summed E-state index contributed by atoms with van der Waals surface area (Å²) in [4.78, 5) is 26.3. The highest BCUT2D eigenvalue weighted by Crippen LogP contribution is 2.15. The van der Waals surface area contributed by atoms with Crippen molar-refractivity contribution in [3.8, 4) is 0 Å². The van der Waals surface area contributed by atoms with Gasteiger partial charge in [-0.25, -0.2) is 14.8 Å². The third-order valence-electron chi connectivity index (χ3n) is 3.05. The number of carbonyl (C=O) groups is 1. The number of aromatic nitrogens is 2. The van der Waals surface area contributed by atoms with Crippen LogP contribution in [-0.2, 0) is 9.57 Å². The maximum absolute atomic E-state index is 10.4. The van der Waals surface area contributed by atoms with Crippen LogP contribution in [0.1, 0.15) is 19.3 Å². The number of rotatable bonds is 6. The Morgan fingerprint density at radius 3 is 2.64 bits per heavy atom. The van der Waals surface area contributed by atoms with Gasteiger partial charge in [0.25, 0.3) is 0 Å². The summed E-state index contributed by atoms with van der Waals surface area (Å²) in [6, 6.07) is 0. The zero-order valence-corrected chi connectivity index (χ0v) is 13.7. The Labute approximate surface area is 136 Å². The molecule has 1 aliphatic rings. The van der Waals surface area contributed by atoms with E-state index in [0.29, 0.717) is 13.0 Å². The zero-order chi connectivity index (χ0) is 15.8. The lowest BCUT2D eigenvalue weighted by Gasteiger charge is -2.27. The highest BCUT2D eigenvalue weighted by Gasteiger charge is 2.17. The second-order valence-electron chi connectivity index (χ2n) is 4.70. The number of hydrogen-bond acceptors (Lipinski definition) is 7. The Morgan fingerprint density at radius 2 is 2.00 bits per heavy atom. The van der Waals surface area contributed by atoms with Crippen molar-refractivity contribution in [3.05, 3.63) is 16.9 Å². The number of primary amides is 1. The van der Waals surface area contributed by atoms with Gasteiger partial charge in [-0.1, -0.05) is 5.16 Å². The number of ether oxygens (including phenoxy) is 1. The van der Waals surface area contributed by atoms with E-state index < -0.39 is 6.09 Å². The van der Waals surface area contributed by atoms with Gasteiger partial charge in [-0.3, -0.25) is 0 Å². The standard InChI is InChI=1S/C13H18BrN5O3/c14-10-8-16-13(17-9-10)19-4-2-11(3-5-19)18-22-7-1-6-21-12(15)20/h8-9H,1-7H2,(H2,15,20). The Balaban J connectivity index is 1.67. The molecule has 1 saturated heterocycles. The van der Waals surface area contributed by atoms with E-state index in [1.165, 1.54) is 0 Å². The van der Waals surface area contributed by atoms with E-state index in [2.05, 4.69) is 40.7 Å². The smallest absolute Gasteiger partial charge is 0.404 e. The number of oxime groups is 1. The number of anilines is 1. The van der Waals surface area contributed by atoms with Crippen LogP contribution in [0.3, 0.4) is 0 Å². The highest BCUT2D eigenvalue weighted by molar-refractivity contribution is 9.10. The molecule has 0 bridgehead atoms. The summed E-state index contributed by atoms with van der Waals surface area (Å²) < 4.78 is 5.46. The van der Waals surface area contributed by atoms with Crippen molar-refractivity contribution < 1.29 is 14.4 Å². The first-order valence-corrected chi connectivity index (χ1v) is 7.77. The van der Waals surface area contributed by atoms with Crippen LogP contribution in [0.15, 0.2) is 22.0 Å². The Hall–Kier alpha value is -1.90. The average molecular weight is 372 g/mol. The fourth-order valence-corrected chi connectivity index (χ4v) is 2.16. The second-order valence-corrected chi connectivity index (χ2v) is 5.62. The van der Waals surface area contributed by atoms with Gasteiger partial charge in [-0.05, 0) is 15.9 Å². The molecule has 0 radical (unpaired) electrons. The molecule has 0 unspecified atom stereocenters. The molecule has 2 rings (SSSR count). The summed E-state index contributed by atoms with van der Waals surface area (Å²) in [6.45, 7) is 2.27. The normalized spacial score (nSPS) is 14.6. The van der Waals surface area contributed by atoms with Crippen LogP contribution in [0, 0.1) is 0 Å². The van der Waals surface area contributed by atoms with Crippen molar-refractivity contribution in [1.82, 2.24) is 9.97 Å². The largest absolute Gasteiger partial charge is 0.450 e. The SMILES string of the molecule is NC(=O)OCCCON=C1CCN(c2ncc(Br)cn2)CC1. The van der Waals surface area contributed by atoms with Gasteiger partial charge in [-0.2, -0.15) is 0 Å². The molecule has 9 heteroatoms. The first-order chi connectivity index (χ1) is 10.6. The highest BCUT2D eigenvalue weighted by atomic mass is 79.9. The molecule has 8 nitrogen and oxygen atoms in total. The van der Waals surface area contributed by atoms with E-state index in [4.69, 9.17) is 10.6 Å². The Kier molecular flexibility index (Phi) is 6.38. The second kappa shape index (κ2) is 8.52. The number of carbonyl (C=O) groups excluding carboxylic acids is 1. The first kappa shape index (κ1) is 16.5. The number of piperidine rings is 1. The van der Waals surface area contributed by atoms with Crippen LogP contribution in [0.4, 0.5) is 10.7 Å². The molecular formula is C13H18BrN5O3. The fourth-order valence-electron chi connectivity index (χ4n) is 1.96. The van der Waals surface area contributed by atoms with Crippen molar-refractivity contribution in [2.45, 2.75) is 19.3 Å². The molecule has 0 spiro atoms. The molecule has 1 aliphatic heterocycles. The van der Waals surface area contributed by atoms with Crippen LogP contribution in [0.25, 0.3) is 0 Å². The molecule has 1 amide bonds. The van der Waals surface area contributed by atoms with Gasteiger partial charge < -0.3 is 20.2 Å². The predicted octanol–water partition coefficient (Wildman–Crippen LogP) is 1.70. The quantitative estimate of drug-likeness (QED) is 0.602. The lowest BCUT2D eigenvalue weighted by molar-refractivity contribution is 0.108. The first-order valence-electron chi connectivity index (χ1n) is 6.97. The minimum atomic E-state index is -0.770. The number of nitrogens with zero attached hydrogens (tertiary/aromatic N) is 4. The van der Waals surface area contributed by atoms with E-state index in [-0.39, 0.29) is 6.61 Å².